The topological polar surface area (TPSA) is 76.0 Å². The average molecular weight is 409 g/mol. The van der Waals surface area contributed by atoms with Crippen molar-refractivity contribution in [2.75, 3.05) is 19.7 Å². The first kappa shape index (κ1) is 18.4. The van der Waals surface area contributed by atoms with Crippen LogP contribution in [0.25, 0.3) is 16.6 Å². The summed E-state index contributed by atoms with van der Waals surface area (Å²) >= 11 is 0. The van der Waals surface area contributed by atoms with Crippen molar-refractivity contribution in [3.8, 4) is 5.69 Å². The van der Waals surface area contributed by atoms with Gasteiger partial charge in [0.1, 0.15) is 29.1 Å². The minimum absolute atomic E-state index is 0.189. The molecule has 1 saturated heterocycles. The van der Waals surface area contributed by atoms with Gasteiger partial charge in [0.25, 0.3) is 5.91 Å². The molecule has 5 rings (SSSR count). The smallest absolute Gasteiger partial charge is 0.270 e. The number of carbonyl (C=O) groups excluding carboxylic acids is 1. The number of fused-ring (bicyclic) bond motifs is 1. The number of ether oxygens (including phenoxy) is 1. The maximum Gasteiger partial charge on any atom is 0.270 e. The third-order valence-corrected chi connectivity index (χ3v) is 5.10. The normalized spacial score (nSPS) is 16.9. The first-order valence-electron chi connectivity index (χ1n) is 9.44. The van der Waals surface area contributed by atoms with E-state index in [9.17, 15) is 13.6 Å². The van der Waals surface area contributed by atoms with E-state index in [4.69, 9.17) is 4.74 Å². The highest BCUT2D eigenvalue weighted by Gasteiger charge is 2.29. The van der Waals surface area contributed by atoms with Crippen LogP contribution in [0.2, 0.25) is 0 Å². The number of H-pyrrole nitrogens is 1. The molecule has 0 bridgehead atoms. The Morgan fingerprint density at radius 2 is 1.90 bits per heavy atom. The molecule has 7 nitrogen and oxygen atoms in total. The predicted molar refractivity (Wildman–Crippen MR) is 104 cm³/mol. The third kappa shape index (κ3) is 3.43. The van der Waals surface area contributed by atoms with Gasteiger partial charge in [0.05, 0.1) is 25.0 Å². The molecule has 2 aromatic heterocycles. The summed E-state index contributed by atoms with van der Waals surface area (Å²) in [6.45, 7) is 1.10. The second-order valence-electron chi connectivity index (χ2n) is 7.09. The summed E-state index contributed by atoms with van der Waals surface area (Å²) in [4.78, 5) is 17.7. The van der Waals surface area contributed by atoms with Crippen LogP contribution in [-0.2, 0) is 4.74 Å². The fourth-order valence-electron chi connectivity index (χ4n) is 3.55. The molecule has 1 N–H and O–H groups in total. The molecule has 1 fully saturated rings. The molecule has 152 valence electrons. The highest BCUT2D eigenvalue weighted by atomic mass is 19.1. The van der Waals surface area contributed by atoms with Crippen molar-refractivity contribution in [3.05, 3.63) is 77.8 Å². The van der Waals surface area contributed by atoms with Crippen LogP contribution >= 0.6 is 0 Å². The van der Waals surface area contributed by atoms with E-state index in [0.717, 1.165) is 0 Å². The van der Waals surface area contributed by atoms with Crippen LogP contribution in [-0.4, -0.2) is 50.5 Å². The van der Waals surface area contributed by atoms with Crippen molar-refractivity contribution < 1.29 is 18.3 Å². The first-order valence-corrected chi connectivity index (χ1v) is 9.44. The molecule has 30 heavy (non-hydrogen) atoms. The van der Waals surface area contributed by atoms with Crippen LogP contribution in [0.4, 0.5) is 8.78 Å². The van der Waals surface area contributed by atoms with Crippen molar-refractivity contribution in [1.29, 1.82) is 0 Å². The summed E-state index contributed by atoms with van der Waals surface area (Å²) in [6, 6.07) is 11.9. The Kier molecular flexibility index (Phi) is 4.51. The van der Waals surface area contributed by atoms with Crippen LogP contribution in [0.1, 0.15) is 22.3 Å². The van der Waals surface area contributed by atoms with Gasteiger partial charge in [-0.05, 0) is 48.5 Å². The van der Waals surface area contributed by atoms with Crippen LogP contribution in [0, 0.1) is 11.6 Å². The fourth-order valence-corrected chi connectivity index (χ4v) is 3.55. The Bertz CT molecular complexity index is 1220. The van der Waals surface area contributed by atoms with Gasteiger partial charge in [0.15, 0.2) is 0 Å². The summed E-state index contributed by atoms with van der Waals surface area (Å²) in [7, 11) is 0. The molecule has 1 aliphatic rings. The van der Waals surface area contributed by atoms with Crippen LogP contribution in [0.3, 0.4) is 0 Å². The van der Waals surface area contributed by atoms with Gasteiger partial charge in [0, 0.05) is 17.4 Å². The third-order valence-electron chi connectivity index (χ3n) is 5.10. The van der Waals surface area contributed by atoms with E-state index in [0.29, 0.717) is 47.7 Å². The SMILES string of the molecule is O=C(c1cc2cc(F)ccc2[nH]1)N1CCOC(c2cn(-c3ccc(F)cc3)nn2)C1. The van der Waals surface area contributed by atoms with E-state index < -0.39 is 6.10 Å². The lowest BCUT2D eigenvalue weighted by Gasteiger charge is -2.31. The van der Waals surface area contributed by atoms with Gasteiger partial charge in [0.2, 0.25) is 0 Å². The monoisotopic (exact) mass is 409 g/mol. The number of carbonyl (C=O) groups is 1. The van der Waals surface area contributed by atoms with Crippen molar-refractivity contribution in [2.24, 2.45) is 0 Å². The standard InChI is InChI=1S/C21H17F2N5O2/c22-14-1-4-16(5-2-14)28-11-19(25-26-28)20-12-27(7-8-30-20)21(29)18-10-13-9-15(23)3-6-17(13)24-18/h1-6,9-11,20,24H,7-8,12H2. The molecule has 3 heterocycles. The van der Waals surface area contributed by atoms with Crippen molar-refractivity contribution in [1.82, 2.24) is 24.9 Å². The summed E-state index contributed by atoms with van der Waals surface area (Å²) in [5.41, 5.74) is 2.35. The predicted octanol–water partition coefficient (Wildman–Crippen LogP) is 3.24. The Hall–Kier alpha value is -3.59. The fraction of sp³-hybridized carbons (Fsp3) is 0.190. The van der Waals surface area contributed by atoms with E-state index in [1.54, 1.807) is 35.4 Å². The second kappa shape index (κ2) is 7.34. The summed E-state index contributed by atoms with van der Waals surface area (Å²) in [5.74, 6) is -0.870. The molecule has 1 unspecified atom stereocenters. The number of benzene rings is 2. The Balaban J connectivity index is 1.34. The minimum Gasteiger partial charge on any atom is -0.368 e. The maximum absolute atomic E-state index is 13.4. The Morgan fingerprint density at radius 3 is 2.73 bits per heavy atom. The van der Waals surface area contributed by atoms with E-state index >= 15 is 0 Å². The number of halogens is 2. The number of morpholine rings is 1. The number of rotatable bonds is 3. The molecule has 4 aromatic rings. The zero-order valence-electron chi connectivity index (χ0n) is 15.8. The lowest BCUT2D eigenvalue weighted by molar-refractivity contribution is -0.0249. The molecule has 2 aromatic carbocycles. The van der Waals surface area contributed by atoms with E-state index in [1.165, 1.54) is 28.9 Å². The number of hydrogen-bond donors (Lipinski definition) is 1. The van der Waals surface area contributed by atoms with E-state index in [2.05, 4.69) is 15.3 Å². The Morgan fingerprint density at radius 1 is 1.10 bits per heavy atom. The molecule has 1 atom stereocenters. The summed E-state index contributed by atoms with van der Waals surface area (Å²) in [6.07, 6.45) is 1.27. The number of amides is 1. The first-order chi connectivity index (χ1) is 14.6. The van der Waals surface area contributed by atoms with E-state index in [-0.39, 0.29) is 17.5 Å². The van der Waals surface area contributed by atoms with Gasteiger partial charge in [-0.1, -0.05) is 5.21 Å². The summed E-state index contributed by atoms with van der Waals surface area (Å²) < 4.78 is 33.9. The highest BCUT2D eigenvalue weighted by Crippen LogP contribution is 2.24. The highest BCUT2D eigenvalue weighted by molar-refractivity contribution is 5.98. The molecule has 0 saturated carbocycles. The van der Waals surface area contributed by atoms with Gasteiger partial charge in [-0.25, -0.2) is 13.5 Å². The molecule has 0 aliphatic carbocycles. The minimum atomic E-state index is -0.432. The number of aromatic nitrogens is 4. The van der Waals surface area contributed by atoms with Crippen LogP contribution in [0.5, 0.6) is 0 Å². The largest absolute Gasteiger partial charge is 0.368 e. The van der Waals surface area contributed by atoms with E-state index in [1.807, 2.05) is 0 Å². The maximum atomic E-state index is 13.4. The lowest BCUT2D eigenvalue weighted by Crippen LogP contribution is -2.42. The van der Waals surface area contributed by atoms with Gasteiger partial charge < -0.3 is 14.6 Å². The number of nitrogens with zero attached hydrogens (tertiary/aromatic N) is 4. The van der Waals surface area contributed by atoms with Gasteiger partial charge >= 0.3 is 0 Å². The number of aromatic amines is 1. The summed E-state index contributed by atoms with van der Waals surface area (Å²) in [5, 5.41) is 8.88. The molecule has 1 aliphatic heterocycles. The number of nitrogens with one attached hydrogen (secondary N) is 1. The van der Waals surface area contributed by atoms with Gasteiger partial charge in [-0.3, -0.25) is 4.79 Å². The molecule has 9 heteroatoms. The van der Waals surface area contributed by atoms with Crippen molar-refractivity contribution in [2.45, 2.75) is 6.10 Å². The molecule has 1 amide bonds. The van der Waals surface area contributed by atoms with Crippen molar-refractivity contribution >= 4 is 16.8 Å². The Labute approximate surface area is 169 Å². The zero-order valence-corrected chi connectivity index (χ0v) is 15.8. The molecule has 0 radical (unpaired) electrons. The zero-order chi connectivity index (χ0) is 20.7. The van der Waals surface area contributed by atoms with Crippen LogP contribution in [0.15, 0.2) is 54.7 Å². The molecular weight excluding hydrogens is 392 g/mol. The average Bonchev–Trinajstić information content (AvgIpc) is 3.41. The lowest BCUT2D eigenvalue weighted by atomic mass is 10.2. The quantitative estimate of drug-likeness (QED) is 0.564. The van der Waals surface area contributed by atoms with Gasteiger partial charge in [-0.15, -0.1) is 5.10 Å². The van der Waals surface area contributed by atoms with Gasteiger partial charge in [-0.2, -0.15) is 0 Å². The second-order valence-corrected chi connectivity index (χ2v) is 7.09. The molecular formula is C21H17F2N5O2. The molecule has 0 spiro atoms. The number of hydrogen-bond acceptors (Lipinski definition) is 4. The van der Waals surface area contributed by atoms with Crippen molar-refractivity contribution in [3.63, 3.8) is 0 Å². The van der Waals surface area contributed by atoms with Crippen LogP contribution < -0.4 is 0 Å².